The fourth-order valence-electron chi connectivity index (χ4n) is 1.56. The molecule has 18 heavy (non-hydrogen) atoms. The maximum atomic E-state index is 10.8. The van der Waals surface area contributed by atoms with Crippen molar-refractivity contribution in [3.05, 3.63) is 50.7 Å². The van der Waals surface area contributed by atoms with Crippen molar-refractivity contribution in [1.82, 2.24) is 0 Å². The highest BCUT2D eigenvalue weighted by molar-refractivity contribution is 7.07. The minimum absolute atomic E-state index is 0.0784. The summed E-state index contributed by atoms with van der Waals surface area (Å²) < 4.78 is 0. The highest BCUT2D eigenvalue weighted by Gasteiger charge is 2.09. The van der Waals surface area contributed by atoms with Crippen LogP contribution < -0.4 is 10.6 Å². The molecule has 1 aromatic heterocycles. The van der Waals surface area contributed by atoms with Crippen molar-refractivity contribution in [1.29, 1.82) is 0 Å². The molecular formula is C12H13N3O2S. The smallest absolute Gasteiger partial charge is 0.273 e. The number of hydrogen-bond donors (Lipinski definition) is 2. The Balaban J connectivity index is 2.16. The van der Waals surface area contributed by atoms with Gasteiger partial charge in [0.15, 0.2) is 0 Å². The summed E-state index contributed by atoms with van der Waals surface area (Å²) in [4.78, 5) is 10.4. The number of anilines is 2. The fourth-order valence-corrected chi connectivity index (χ4v) is 2.23. The van der Waals surface area contributed by atoms with Crippen molar-refractivity contribution in [2.45, 2.75) is 6.54 Å². The van der Waals surface area contributed by atoms with Crippen LogP contribution >= 0.6 is 11.3 Å². The SMILES string of the molecule is CNc1cc(NCc2ccsc2)cc([N+](=O)[O-])c1. The quantitative estimate of drug-likeness (QED) is 0.641. The zero-order valence-corrected chi connectivity index (χ0v) is 10.7. The van der Waals surface area contributed by atoms with Gasteiger partial charge in [0.05, 0.1) is 4.92 Å². The van der Waals surface area contributed by atoms with Gasteiger partial charge in [-0.1, -0.05) is 0 Å². The van der Waals surface area contributed by atoms with Crippen LogP contribution in [0.5, 0.6) is 0 Å². The molecule has 2 N–H and O–H groups in total. The van der Waals surface area contributed by atoms with E-state index in [1.165, 1.54) is 12.1 Å². The van der Waals surface area contributed by atoms with Gasteiger partial charge in [0.2, 0.25) is 0 Å². The Labute approximate surface area is 109 Å². The lowest BCUT2D eigenvalue weighted by Crippen LogP contribution is -2.00. The number of nitrogens with zero attached hydrogens (tertiary/aromatic N) is 1. The molecule has 1 heterocycles. The van der Waals surface area contributed by atoms with Crippen molar-refractivity contribution in [2.24, 2.45) is 0 Å². The topological polar surface area (TPSA) is 67.2 Å². The normalized spacial score (nSPS) is 10.1. The van der Waals surface area contributed by atoms with Crippen molar-refractivity contribution >= 4 is 28.4 Å². The summed E-state index contributed by atoms with van der Waals surface area (Å²) in [6.45, 7) is 0.661. The standard InChI is InChI=1S/C12H13N3O2S/c1-13-10-4-11(6-12(5-10)15(16)17)14-7-9-2-3-18-8-9/h2-6,8,13-14H,7H2,1H3. The van der Waals surface area contributed by atoms with E-state index in [9.17, 15) is 10.1 Å². The molecule has 0 aliphatic rings. The maximum absolute atomic E-state index is 10.8. The third-order valence-electron chi connectivity index (χ3n) is 2.49. The van der Waals surface area contributed by atoms with Crippen LogP contribution in [0.2, 0.25) is 0 Å². The Morgan fingerprint density at radius 1 is 1.33 bits per heavy atom. The Morgan fingerprint density at radius 2 is 2.11 bits per heavy atom. The highest BCUT2D eigenvalue weighted by Crippen LogP contribution is 2.24. The molecule has 94 valence electrons. The highest BCUT2D eigenvalue weighted by atomic mass is 32.1. The molecule has 0 saturated heterocycles. The second-order valence-corrected chi connectivity index (χ2v) is 4.54. The summed E-state index contributed by atoms with van der Waals surface area (Å²) in [7, 11) is 1.74. The van der Waals surface area contributed by atoms with Gasteiger partial charge >= 0.3 is 0 Å². The van der Waals surface area contributed by atoms with Crippen LogP contribution in [-0.2, 0) is 6.54 Å². The van der Waals surface area contributed by atoms with Crippen LogP contribution in [0.25, 0.3) is 0 Å². The van der Waals surface area contributed by atoms with Gasteiger partial charge in [0.25, 0.3) is 5.69 Å². The molecule has 0 atom stereocenters. The molecule has 0 amide bonds. The van der Waals surface area contributed by atoms with Crippen LogP contribution in [0.4, 0.5) is 17.1 Å². The van der Waals surface area contributed by atoms with Crippen LogP contribution in [0, 0.1) is 10.1 Å². The third kappa shape index (κ3) is 2.98. The summed E-state index contributed by atoms with van der Waals surface area (Å²) in [5, 5.41) is 20.9. The van der Waals surface area contributed by atoms with Crippen LogP contribution in [0.1, 0.15) is 5.56 Å². The molecule has 2 aromatic rings. The van der Waals surface area contributed by atoms with Crippen LogP contribution in [0.15, 0.2) is 35.0 Å². The lowest BCUT2D eigenvalue weighted by atomic mass is 10.2. The lowest BCUT2D eigenvalue weighted by Gasteiger charge is -2.07. The van der Waals surface area contributed by atoms with E-state index in [0.717, 1.165) is 16.9 Å². The predicted octanol–water partition coefficient (Wildman–Crippen LogP) is 3.31. The van der Waals surface area contributed by atoms with E-state index in [2.05, 4.69) is 10.6 Å². The summed E-state index contributed by atoms with van der Waals surface area (Å²) in [6.07, 6.45) is 0. The molecule has 0 saturated carbocycles. The summed E-state index contributed by atoms with van der Waals surface area (Å²) in [5.41, 5.74) is 2.70. The van der Waals surface area contributed by atoms with E-state index in [-0.39, 0.29) is 5.69 Å². The molecule has 0 aliphatic heterocycles. The van der Waals surface area contributed by atoms with E-state index in [1.807, 2.05) is 22.9 Å². The van der Waals surface area contributed by atoms with E-state index in [4.69, 9.17) is 0 Å². The number of nitrogens with one attached hydrogen (secondary N) is 2. The predicted molar refractivity (Wildman–Crippen MR) is 74.3 cm³/mol. The molecule has 0 radical (unpaired) electrons. The minimum Gasteiger partial charge on any atom is -0.388 e. The molecule has 0 unspecified atom stereocenters. The molecule has 5 nitrogen and oxygen atoms in total. The number of non-ortho nitro benzene ring substituents is 1. The molecular weight excluding hydrogens is 250 g/mol. The Hall–Kier alpha value is -2.08. The second kappa shape index (κ2) is 5.50. The van der Waals surface area contributed by atoms with E-state index < -0.39 is 4.92 Å². The van der Waals surface area contributed by atoms with Gasteiger partial charge in [0, 0.05) is 37.1 Å². The van der Waals surface area contributed by atoms with Crippen molar-refractivity contribution in [2.75, 3.05) is 17.7 Å². The Morgan fingerprint density at radius 3 is 2.72 bits per heavy atom. The van der Waals surface area contributed by atoms with Gasteiger partial charge < -0.3 is 10.6 Å². The number of nitro benzene ring substituents is 1. The fraction of sp³-hybridized carbons (Fsp3) is 0.167. The Bertz CT molecular complexity index is 540. The molecule has 0 spiro atoms. The molecule has 0 bridgehead atoms. The van der Waals surface area contributed by atoms with E-state index >= 15 is 0 Å². The summed E-state index contributed by atoms with van der Waals surface area (Å²) in [5.74, 6) is 0. The maximum Gasteiger partial charge on any atom is 0.273 e. The first-order valence-electron chi connectivity index (χ1n) is 5.41. The number of hydrogen-bond acceptors (Lipinski definition) is 5. The zero-order chi connectivity index (χ0) is 13.0. The molecule has 0 aliphatic carbocycles. The minimum atomic E-state index is -0.392. The van der Waals surface area contributed by atoms with Crippen molar-refractivity contribution < 1.29 is 4.92 Å². The average Bonchev–Trinajstić information content (AvgIpc) is 2.89. The number of benzene rings is 1. The number of nitro groups is 1. The monoisotopic (exact) mass is 263 g/mol. The molecule has 6 heteroatoms. The van der Waals surface area contributed by atoms with Gasteiger partial charge in [-0.3, -0.25) is 10.1 Å². The molecule has 2 rings (SSSR count). The number of rotatable bonds is 5. The number of thiophene rings is 1. The first-order valence-corrected chi connectivity index (χ1v) is 6.35. The van der Waals surface area contributed by atoms with Crippen molar-refractivity contribution in [3.8, 4) is 0 Å². The first-order chi connectivity index (χ1) is 8.69. The third-order valence-corrected chi connectivity index (χ3v) is 3.23. The summed E-state index contributed by atoms with van der Waals surface area (Å²) in [6, 6.07) is 6.91. The van der Waals surface area contributed by atoms with Gasteiger partial charge in [0.1, 0.15) is 0 Å². The lowest BCUT2D eigenvalue weighted by molar-refractivity contribution is -0.384. The van der Waals surface area contributed by atoms with Gasteiger partial charge in [-0.2, -0.15) is 11.3 Å². The average molecular weight is 263 g/mol. The molecule has 1 aromatic carbocycles. The van der Waals surface area contributed by atoms with Gasteiger partial charge in [-0.05, 0) is 28.5 Å². The van der Waals surface area contributed by atoms with Crippen LogP contribution in [0.3, 0.4) is 0 Å². The first kappa shape index (κ1) is 12.4. The van der Waals surface area contributed by atoms with E-state index in [0.29, 0.717) is 6.54 Å². The zero-order valence-electron chi connectivity index (χ0n) is 9.84. The molecule has 0 fully saturated rings. The Kier molecular flexibility index (Phi) is 3.78. The van der Waals surface area contributed by atoms with E-state index in [1.54, 1.807) is 18.4 Å². The van der Waals surface area contributed by atoms with Crippen LogP contribution in [-0.4, -0.2) is 12.0 Å². The van der Waals surface area contributed by atoms with Gasteiger partial charge in [-0.25, -0.2) is 0 Å². The largest absolute Gasteiger partial charge is 0.388 e. The summed E-state index contributed by atoms with van der Waals surface area (Å²) >= 11 is 1.63. The second-order valence-electron chi connectivity index (χ2n) is 3.76. The van der Waals surface area contributed by atoms with Crippen molar-refractivity contribution in [3.63, 3.8) is 0 Å². The van der Waals surface area contributed by atoms with Gasteiger partial charge in [-0.15, -0.1) is 0 Å².